The molecule has 2 rings (SSSR count). The Morgan fingerprint density at radius 2 is 1.27 bits per heavy atom. The first-order valence-electron chi connectivity index (χ1n) is 9.47. The molecular weight excluding hydrogens is 326 g/mol. The molecule has 142 valence electrons. The Morgan fingerprint density at radius 3 is 1.69 bits per heavy atom. The van der Waals surface area contributed by atoms with Gasteiger partial charge in [-0.1, -0.05) is 60.7 Å². The van der Waals surface area contributed by atoms with Crippen LogP contribution in [0.5, 0.6) is 0 Å². The van der Waals surface area contributed by atoms with Crippen molar-refractivity contribution < 1.29 is 19.8 Å². The molecule has 0 saturated carbocycles. The standard InChI is InChI=1S/C22H31NO3/c1-18(2)26-15-9-14-23(16-21(24)19-10-5-3-6-11-19)17-22(25)20-12-7-4-8-13-20/h3-8,10-13,18,21-22,24-25H,9,14-17H2,1-2H3/p+1/t21-,22-/m0/s1. The van der Waals surface area contributed by atoms with Crippen molar-refractivity contribution in [2.45, 2.75) is 38.6 Å². The largest absolute Gasteiger partial charge is 0.382 e. The van der Waals surface area contributed by atoms with Crippen molar-refractivity contribution in [2.24, 2.45) is 0 Å². The quantitative estimate of drug-likeness (QED) is 0.540. The fraction of sp³-hybridized carbons (Fsp3) is 0.455. The molecule has 2 aromatic carbocycles. The van der Waals surface area contributed by atoms with Crippen molar-refractivity contribution in [3.63, 3.8) is 0 Å². The van der Waals surface area contributed by atoms with Crippen LogP contribution in [-0.2, 0) is 4.74 Å². The molecule has 0 aliphatic heterocycles. The molecule has 0 aliphatic rings. The number of aliphatic hydroxyl groups excluding tert-OH is 2. The number of hydrogen-bond acceptors (Lipinski definition) is 3. The van der Waals surface area contributed by atoms with E-state index in [1.54, 1.807) is 0 Å². The first-order valence-corrected chi connectivity index (χ1v) is 9.47. The van der Waals surface area contributed by atoms with Crippen molar-refractivity contribution in [1.29, 1.82) is 0 Å². The number of rotatable bonds is 11. The van der Waals surface area contributed by atoms with E-state index in [0.717, 1.165) is 24.1 Å². The van der Waals surface area contributed by atoms with Crippen molar-refractivity contribution in [3.8, 4) is 0 Å². The van der Waals surface area contributed by atoms with Crippen molar-refractivity contribution in [2.75, 3.05) is 26.2 Å². The Morgan fingerprint density at radius 1 is 0.808 bits per heavy atom. The molecule has 0 amide bonds. The van der Waals surface area contributed by atoms with E-state index in [1.165, 1.54) is 4.90 Å². The topological polar surface area (TPSA) is 54.1 Å². The van der Waals surface area contributed by atoms with Gasteiger partial charge in [0.1, 0.15) is 25.3 Å². The van der Waals surface area contributed by atoms with Gasteiger partial charge in [-0.05, 0) is 25.0 Å². The van der Waals surface area contributed by atoms with Gasteiger partial charge in [-0.15, -0.1) is 0 Å². The highest BCUT2D eigenvalue weighted by atomic mass is 16.5. The SMILES string of the molecule is CC(C)OCCC[NH+](C[C@H](O)c1ccccc1)C[C@H](O)c1ccccc1. The van der Waals surface area contributed by atoms with E-state index in [-0.39, 0.29) is 6.10 Å². The number of nitrogens with one attached hydrogen (secondary N) is 1. The van der Waals surface area contributed by atoms with Crippen LogP contribution in [0.4, 0.5) is 0 Å². The molecule has 0 saturated heterocycles. The molecule has 0 unspecified atom stereocenters. The number of ether oxygens (including phenoxy) is 1. The molecule has 26 heavy (non-hydrogen) atoms. The van der Waals surface area contributed by atoms with E-state index in [9.17, 15) is 10.2 Å². The first kappa shape index (κ1) is 20.6. The summed E-state index contributed by atoms with van der Waals surface area (Å²) in [6, 6.07) is 19.4. The highest BCUT2D eigenvalue weighted by molar-refractivity contribution is 5.18. The fourth-order valence-electron chi connectivity index (χ4n) is 3.06. The second-order valence-electron chi connectivity index (χ2n) is 7.03. The number of hydrogen-bond donors (Lipinski definition) is 3. The maximum Gasteiger partial charge on any atom is 0.128 e. The average Bonchev–Trinajstić information content (AvgIpc) is 2.66. The van der Waals surface area contributed by atoms with Crippen molar-refractivity contribution >= 4 is 0 Å². The highest BCUT2D eigenvalue weighted by Gasteiger charge is 2.21. The van der Waals surface area contributed by atoms with E-state index < -0.39 is 12.2 Å². The van der Waals surface area contributed by atoms with E-state index >= 15 is 0 Å². The highest BCUT2D eigenvalue weighted by Crippen LogP contribution is 2.12. The van der Waals surface area contributed by atoms with Crippen LogP contribution in [0.3, 0.4) is 0 Å². The van der Waals surface area contributed by atoms with Gasteiger partial charge in [-0.3, -0.25) is 0 Å². The Balaban J connectivity index is 1.96. The summed E-state index contributed by atoms with van der Waals surface area (Å²) in [4.78, 5) is 1.17. The van der Waals surface area contributed by atoms with Crippen LogP contribution in [0, 0.1) is 0 Å². The lowest BCUT2D eigenvalue weighted by Gasteiger charge is -2.25. The monoisotopic (exact) mass is 358 g/mol. The van der Waals surface area contributed by atoms with Crippen LogP contribution in [0.1, 0.15) is 43.6 Å². The molecule has 2 atom stereocenters. The van der Waals surface area contributed by atoms with Gasteiger partial charge in [-0.2, -0.15) is 0 Å². The van der Waals surface area contributed by atoms with E-state index in [0.29, 0.717) is 19.7 Å². The molecule has 0 radical (unpaired) electrons. The summed E-state index contributed by atoms with van der Waals surface area (Å²) in [7, 11) is 0. The minimum absolute atomic E-state index is 0.225. The van der Waals surface area contributed by atoms with Crippen LogP contribution in [0.15, 0.2) is 60.7 Å². The van der Waals surface area contributed by atoms with Crippen molar-refractivity contribution in [3.05, 3.63) is 71.8 Å². The molecule has 4 nitrogen and oxygen atoms in total. The predicted molar refractivity (Wildman–Crippen MR) is 104 cm³/mol. The molecule has 0 fully saturated rings. The third kappa shape index (κ3) is 7.26. The number of benzene rings is 2. The molecule has 3 N–H and O–H groups in total. The Bertz CT molecular complexity index is 556. The summed E-state index contributed by atoms with van der Waals surface area (Å²) in [5.41, 5.74) is 1.83. The van der Waals surface area contributed by atoms with Gasteiger partial charge in [0.15, 0.2) is 0 Å². The Labute approximate surface area is 157 Å². The normalized spacial score (nSPS) is 13.9. The van der Waals surface area contributed by atoms with Crippen LogP contribution in [0.25, 0.3) is 0 Å². The summed E-state index contributed by atoms with van der Waals surface area (Å²) in [6.45, 7) is 6.74. The van der Waals surface area contributed by atoms with Crippen LogP contribution >= 0.6 is 0 Å². The molecular formula is C22H32NO3+. The smallest absolute Gasteiger partial charge is 0.128 e. The van der Waals surface area contributed by atoms with Gasteiger partial charge in [0.25, 0.3) is 0 Å². The van der Waals surface area contributed by atoms with Gasteiger partial charge in [0.2, 0.25) is 0 Å². The Hall–Kier alpha value is -1.72. The lowest BCUT2D eigenvalue weighted by molar-refractivity contribution is -0.908. The zero-order valence-corrected chi connectivity index (χ0v) is 15.8. The zero-order chi connectivity index (χ0) is 18.8. The summed E-state index contributed by atoms with van der Waals surface area (Å²) >= 11 is 0. The fourth-order valence-corrected chi connectivity index (χ4v) is 3.06. The van der Waals surface area contributed by atoms with Crippen LogP contribution in [0.2, 0.25) is 0 Å². The van der Waals surface area contributed by atoms with Crippen molar-refractivity contribution in [1.82, 2.24) is 0 Å². The van der Waals surface area contributed by atoms with E-state index in [2.05, 4.69) is 0 Å². The van der Waals surface area contributed by atoms with Gasteiger partial charge >= 0.3 is 0 Å². The van der Waals surface area contributed by atoms with Gasteiger partial charge in [-0.25, -0.2) is 0 Å². The predicted octanol–water partition coefficient (Wildman–Crippen LogP) is 2.15. The van der Waals surface area contributed by atoms with Gasteiger partial charge < -0.3 is 19.8 Å². The summed E-state index contributed by atoms with van der Waals surface area (Å²) in [5.74, 6) is 0. The maximum absolute atomic E-state index is 10.6. The van der Waals surface area contributed by atoms with Crippen LogP contribution in [-0.4, -0.2) is 42.6 Å². The molecule has 4 heteroatoms. The zero-order valence-electron chi connectivity index (χ0n) is 15.8. The number of aliphatic hydroxyl groups is 2. The number of quaternary nitrogens is 1. The Kier molecular flexibility index (Phi) is 8.78. The lowest BCUT2D eigenvalue weighted by Crippen LogP contribution is -3.13. The van der Waals surface area contributed by atoms with Gasteiger partial charge in [0.05, 0.1) is 19.3 Å². The molecule has 0 aliphatic carbocycles. The third-order valence-electron chi connectivity index (χ3n) is 4.46. The average molecular weight is 359 g/mol. The molecule has 0 heterocycles. The third-order valence-corrected chi connectivity index (χ3v) is 4.46. The van der Waals surface area contributed by atoms with Crippen LogP contribution < -0.4 is 4.90 Å². The summed E-state index contributed by atoms with van der Waals surface area (Å²) in [6.07, 6.45) is 0.0416. The second-order valence-corrected chi connectivity index (χ2v) is 7.03. The van der Waals surface area contributed by atoms with Gasteiger partial charge in [0, 0.05) is 6.42 Å². The molecule has 0 aromatic heterocycles. The summed E-state index contributed by atoms with van der Waals surface area (Å²) < 4.78 is 5.63. The minimum atomic E-state index is -0.541. The minimum Gasteiger partial charge on any atom is -0.382 e. The second kappa shape index (κ2) is 11.1. The lowest BCUT2D eigenvalue weighted by atomic mass is 10.1. The first-order chi connectivity index (χ1) is 12.6. The summed E-state index contributed by atoms with van der Waals surface area (Å²) in [5, 5.41) is 21.2. The molecule has 0 bridgehead atoms. The van der Waals surface area contributed by atoms with E-state index in [4.69, 9.17) is 4.74 Å². The molecule has 2 aromatic rings. The molecule has 0 spiro atoms. The van der Waals surface area contributed by atoms with E-state index in [1.807, 2.05) is 74.5 Å². The maximum atomic E-state index is 10.6.